The van der Waals surface area contributed by atoms with E-state index >= 15 is 0 Å². The summed E-state index contributed by atoms with van der Waals surface area (Å²) in [6, 6.07) is 16.5. The van der Waals surface area contributed by atoms with Crippen LogP contribution in [0.25, 0.3) is 0 Å². The molecule has 0 bridgehead atoms. The molecule has 2 N–H and O–H groups in total. The predicted molar refractivity (Wildman–Crippen MR) is 130 cm³/mol. The van der Waals surface area contributed by atoms with Crippen molar-refractivity contribution in [2.75, 3.05) is 13.1 Å². The third kappa shape index (κ3) is 5.20. The highest BCUT2D eigenvalue weighted by molar-refractivity contribution is 7.90. The topological polar surface area (TPSA) is 95.9 Å². The molecule has 0 radical (unpaired) electrons. The molecule has 1 saturated heterocycles. The first-order valence-electron chi connectivity index (χ1n) is 11.1. The summed E-state index contributed by atoms with van der Waals surface area (Å²) < 4.78 is 34.1. The fraction of sp³-hybridized carbons (Fsp3) is 0.320. The van der Waals surface area contributed by atoms with Crippen molar-refractivity contribution in [2.24, 2.45) is 5.92 Å². The van der Waals surface area contributed by atoms with Gasteiger partial charge in [-0.15, -0.1) is 0 Å². The summed E-state index contributed by atoms with van der Waals surface area (Å²) in [5.41, 5.74) is 2.59. The van der Waals surface area contributed by atoms with Crippen LogP contribution < -0.4 is 10.2 Å². The third-order valence-corrected chi connectivity index (χ3v) is 9.16. The summed E-state index contributed by atoms with van der Waals surface area (Å²) in [5, 5.41) is 9.51. The Morgan fingerprint density at radius 1 is 1.12 bits per heavy atom. The Bertz CT molecular complexity index is 1170. The highest BCUT2D eigenvalue weighted by atomic mass is 35.5. The summed E-state index contributed by atoms with van der Waals surface area (Å²) in [6.07, 6.45) is 6.53. The number of nitrogens with zero attached hydrogens (tertiary/aromatic N) is 1. The lowest BCUT2D eigenvalue weighted by atomic mass is 9.91. The van der Waals surface area contributed by atoms with E-state index in [1.807, 2.05) is 30.3 Å². The summed E-state index contributed by atoms with van der Waals surface area (Å²) in [7, 11) is -3.77. The number of ether oxygens (including phenoxy) is 1. The van der Waals surface area contributed by atoms with Crippen LogP contribution >= 0.6 is 11.6 Å². The number of carbonyl (C=O) groups excluding carboxylic acids is 1. The molecular formula is C25H27ClN2O5S. The molecule has 4 rings (SSSR count). The summed E-state index contributed by atoms with van der Waals surface area (Å²) in [6.45, 7) is 0.450. The Kier molecular flexibility index (Phi) is 7.42. The number of halogens is 1. The average molecular weight is 503 g/mol. The molecule has 1 amide bonds. The van der Waals surface area contributed by atoms with E-state index in [-0.39, 0.29) is 19.5 Å². The number of nitrogens with one attached hydrogen (secondary N) is 1. The van der Waals surface area contributed by atoms with Gasteiger partial charge in [-0.05, 0) is 67.7 Å². The van der Waals surface area contributed by atoms with Gasteiger partial charge in [0, 0.05) is 24.0 Å². The highest BCUT2D eigenvalue weighted by Crippen LogP contribution is 2.37. The molecule has 180 valence electrons. The molecule has 0 aromatic heterocycles. The van der Waals surface area contributed by atoms with Crippen molar-refractivity contribution in [3.63, 3.8) is 0 Å². The summed E-state index contributed by atoms with van der Waals surface area (Å²) in [5.74, 6) is 0.311. The number of hydroxylamine groups is 1. The van der Waals surface area contributed by atoms with Gasteiger partial charge in [0.05, 0.1) is 0 Å². The number of hydrogen-bond donors (Lipinski definition) is 2. The minimum absolute atomic E-state index is 0.225. The minimum atomic E-state index is -3.77. The number of amides is 1. The van der Waals surface area contributed by atoms with Crippen molar-refractivity contribution >= 4 is 27.5 Å². The second-order valence-corrected chi connectivity index (χ2v) is 11.3. The predicted octanol–water partition coefficient (Wildman–Crippen LogP) is 4.09. The maximum absolute atomic E-state index is 14.0. The SMILES string of the molecule is O=C(NO)C1CCN(S(=O)(=O)C2(Cc3ccccc3)C=CC(Oc3ccc(Cl)cc3)=CC2)CC1. The van der Waals surface area contributed by atoms with Gasteiger partial charge < -0.3 is 4.74 Å². The average Bonchev–Trinajstić information content (AvgIpc) is 2.87. The van der Waals surface area contributed by atoms with Crippen molar-refractivity contribution in [1.82, 2.24) is 9.79 Å². The van der Waals surface area contributed by atoms with E-state index in [0.717, 1.165) is 5.56 Å². The number of benzene rings is 2. The molecule has 1 atom stereocenters. The highest BCUT2D eigenvalue weighted by Gasteiger charge is 2.47. The van der Waals surface area contributed by atoms with Gasteiger partial charge in [0.2, 0.25) is 15.9 Å². The molecule has 1 heterocycles. The quantitative estimate of drug-likeness (QED) is 0.439. The summed E-state index contributed by atoms with van der Waals surface area (Å²) >= 11 is 5.94. The van der Waals surface area contributed by atoms with Gasteiger partial charge in [-0.3, -0.25) is 10.0 Å². The van der Waals surface area contributed by atoms with Gasteiger partial charge >= 0.3 is 0 Å². The molecule has 1 aliphatic heterocycles. The second-order valence-electron chi connectivity index (χ2n) is 8.58. The lowest BCUT2D eigenvalue weighted by Crippen LogP contribution is -2.52. The molecule has 1 fully saturated rings. The molecular weight excluding hydrogens is 476 g/mol. The Hall–Kier alpha value is -2.65. The largest absolute Gasteiger partial charge is 0.458 e. The lowest BCUT2D eigenvalue weighted by Gasteiger charge is -2.39. The van der Waals surface area contributed by atoms with Crippen LogP contribution in [0.1, 0.15) is 24.8 Å². The first kappa shape index (κ1) is 24.5. The van der Waals surface area contributed by atoms with Crippen LogP contribution in [0.3, 0.4) is 0 Å². The fourth-order valence-electron chi connectivity index (χ4n) is 4.42. The number of sulfonamides is 1. The number of piperidine rings is 1. The normalized spacial score (nSPS) is 21.6. The van der Waals surface area contributed by atoms with Crippen LogP contribution in [0.2, 0.25) is 5.02 Å². The van der Waals surface area contributed by atoms with Crippen LogP contribution in [0.15, 0.2) is 78.6 Å². The van der Waals surface area contributed by atoms with E-state index in [1.54, 1.807) is 48.0 Å². The fourth-order valence-corrected chi connectivity index (χ4v) is 6.63. The van der Waals surface area contributed by atoms with Gasteiger partial charge in [-0.25, -0.2) is 18.2 Å². The molecule has 0 spiro atoms. The molecule has 7 nitrogen and oxygen atoms in total. The van der Waals surface area contributed by atoms with Gasteiger partial charge in [-0.2, -0.15) is 0 Å². The molecule has 0 saturated carbocycles. The van der Waals surface area contributed by atoms with Crippen molar-refractivity contribution in [3.05, 3.63) is 89.2 Å². The molecule has 1 aliphatic carbocycles. The monoisotopic (exact) mass is 502 g/mol. The zero-order chi connectivity index (χ0) is 24.2. The summed E-state index contributed by atoms with van der Waals surface area (Å²) in [4.78, 5) is 11.8. The molecule has 34 heavy (non-hydrogen) atoms. The number of carbonyl (C=O) groups is 1. The van der Waals surface area contributed by atoms with E-state index in [1.165, 1.54) is 4.31 Å². The van der Waals surface area contributed by atoms with Gasteiger partial charge in [0.25, 0.3) is 0 Å². The first-order chi connectivity index (χ1) is 16.3. The van der Waals surface area contributed by atoms with Crippen molar-refractivity contribution < 1.29 is 23.2 Å². The minimum Gasteiger partial charge on any atom is -0.458 e. The molecule has 1 unspecified atom stereocenters. The number of hydrogen-bond acceptors (Lipinski definition) is 5. The van der Waals surface area contributed by atoms with Gasteiger partial charge in [0.1, 0.15) is 16.3 Å². The number of allylic oxidation sites excluding steroid dienone is 2. The first-order valence-corrected chi connectivity index (χ1v) is 13.0. The lowest BCUT2D eigenvalue weighted by molar-refractivity contribution is -0.134. The van der Waals surface area contributed by atoms with Crippen LogP contribution in [-0.4, -0.2) is 41.7 Å². The Balaban J connectivity index is 1.57. The molecule has 9 heteroatoms. The molecule has 2 aliphatic rings. The van der Waals surface area contributed by atoms with E-state index in [0.29, 0.717) is 35.8 Å². The molecule has 2 aromatic carbocycles. The van der Waals surface area contributed by atoms with Crippen LogP contribution in [0.4, 0.5) is 0 Å². The zero-order valence-electron chi connectivity index (χ0n) is 18.6. The Morgan fingerprint density at radius 2 is 1.79 bits per heavy atom. The maximum Gasteiger partial charge on any atom is 0.246 e. The van der Waals surface area contributed by atoms with Crippen LogP contribution in [0.5, 0.6) is 5.75 Å². The van der Waals surface area contributed by atoms with Crippen molar-refractivity contribution in [2.45, 2.75) is 30.4 Å². The van der Waals surface area contributed by atoms with Crippen LogP contribution in [0, 0.1) is 5.92 Å². The maximum atomic E-state index is 14.0. The van der Waals surface area contributed by atoms with Gasteiger partial charge in [-0.1, -0.05) is 48.0 Å². The zero-order valence-corrected chi connectivity index (χ0v) is 20.1. The van der Waals surface area contributed by atoms with E-state index in [2.05, 4.69) is 0 Å². The van der Waals surface area contributed by atoms with Crippen LogP contribution in [-0.2, 0) is 21.2 Å². The van der Waals surface area contributed by atoms with E-state index < -0.39 is 26.6 Å². The van der Waals surface area contributed by atoms with Gasteiger partial charge in [0.15, 0.2) is 0 Å². The Labute approximate surface area is 204 Å². The van der Waals surface area contributed by atoms with Crippen molar-refractivity contribution in [1.29, 1.82) is 0 Å². The smallest absolute Gasteiger partial charge is 0.246 e. The van der Waals surface area contributed by atoms with E-state index in [4.69, 9.17) is 21.5 Å². The standard InChI is InChI=1S/C25H27ClN2O5S/c26-21-6-8-22(9-7-21)33-23-10-14-25(15-11-23,18-19-4-2-1-3-5-19)34(31,32)28-16-12-20(13-17-28)24(29)27-30/h1-11,14,20,30H,12-13,15-18H2,(H,27,29). The second kappa shape index (κ2) is 10.3. The third-order valence-electron chi connectivity index (χ3n) is 6.38. The van der Waals surface area contributed by atoms with E-state index in [9.17, 15) is 13.2 Å². The molecule has 2 aromatic rings. The Morgan fingerprint density at radius 3 is 2.38 bits per heavy atom. The van der Waals surface area contributed by atoms with Crippen molar-refractivity contribution in [3.8, 4) is 5.75 Å². The number of rotatable bonds is 7.